The highest BCUT2D eigenvalue weighted by Crippen LogP contribution is 2.44. The molecule has 1 aromatic carbocycles. The van der Waals surface area contributed by atoms with Crippen LogP contribution in [0.5, 0.6) is 11.9 Å². The molecule has 1 N–H and O–H groups in total. The molecule has 4 rings (SSSR count). The van der Waals surface area contributed by atoms with Crippen molar-refractivity contribution in [2.75, 3.05) is 20.8 Å². The molecule has 3 heterocycles. The Morgan fingerprint density at radius 2 is 1.88 bits per heavy atom. The van der Waals surface area contributed by atoms with Gasteiger partial charge < -0.3 is 33.5 Å². The maximum atomic E-state index is 12.4. The SMILES string of the molecule is COc1cc(C[C@@]2(O)[C@@H](COC(=O)c3ccccc3)O[C@@H]3OC(C)(C)O[C@@H]32)nc(OC)n1. The monoisotopic (exact) mass is 446 g/mol. The lowest BCUT2D eigenvalue weighted by Crippen LogP contribution is -2.52. The van der Waals surface area contributed by atoms with E-state index in [1.54, 1.807) is 50.2 Å². The lowest BCUT2D eigenvalue weighted by atomic mass is 9.87. The number of rotatable bonds is 7. The van der Waals surface area contributed by atoms with Crippen LogP contribution < -0.4 is 9.47 Å². The predicted octanol–water partition coefficient (Wildman–Crippen LogP) is 1.50. The van der Waals surface area contributed by atoms with Crippen molar-refractivity contribution in [2.24, 2.45) is 0 Å². The van der Waals surface area contributed by atoms with Crippen LogP contribution in [0, 0.1) is 0 Å². The minimum absolute atomic E-state index is 0.00357. The van der Waals surface area contributed by atoms with Gasteiger partial charge in [0.15, 0.2) is 12.1 Å². The summed E-state index contributed by atoms with van der Waals surface area (Å²) < 4.78 is 33.4. The van der Waals surface area contributed by atoms with Crippen molar-refractivity contribution in [1.29, 1.82) is 0 Å². The van der Waals surface area contributed by atoms with Crippen LogP contribution in [0.4, 0.5) is 0 Å². The molecular formula is C22H26N2O8. The fourth-order valence-electron chi connectivity index (χ4n) is 3.86. The average molecular weight is 446 g/mol. The number of aliphatic hydroxyl groups is 1. The van der Waals surface area contributed by atoms with E-state index in [2.05, 4.69) is 9.97 Å². The van der Waals surface area contributed by atoms with E-state index in [0.717, 1.165) is 0 Å². The Morgan fingerprint density at radius 3 is 2.56 bits per heavy atom. The largest absolute Gasteiger partial charge is 0.481 e. The summed E-state index contributed by atoms with van der Waals surface area (Å²) in [6.45, 7) is 3.26. The van der Waals surface area contributed by atoms with Gasteiger partial charge >= 0.3 is 12.0 Å². The topological polar surface area (TPSA) is 118 Å². The molecule has 2 fully saturated rings. The van der Waals surface area contributed by atoms with Crippen LogP contribution in [-0.4, -0.2) is 71.8 Å². The van der Waals surface area contributed by atoms with Crippen molar-refractivity contribution in [3.63, 3.8) is 0 Å². The summed E-state index contributed by atoms with van der Waals surface area (Å²) in [6, 6.07) is 10.3. The van der Waals surface area contributed by atoms with Gasteiger partial charge in [-0.1, -0.05) is 18.2 Å². The summed E-state index contributed by atoms with van der Waals surface area (Å²) in [4.78, 5) is 20.8. The van der Waals surface area contributed by atoms with E-state index in [-0.39, 0.29) is 24.9 Å². The molecule has 10 heteroatoms. The number of methoxy groups -OCH3 is 2. The van der Waals surface area contributed by atoms with Gasteiger partial charge in [0.2, 0.25) is 5.88 Å². The van der Waals surface area contributed by atoms with E-state index in [1.165, 1.54) is 14.2 Å². The maximum Gasteiger partial charge on any atom is 0.338 e. The molecule has 172 valence electrons. The van der Waals surface area contributed by atoms with Gasteiger partial charge in [0.25, 0.3) is 0 Å². The van der Waals surface area contributed by atoms with Crippen LogP contribution in [0.25, 0.3) is 0 Å². The predicted molar refractivity (Wildman–Crippen MR) is 109 cm³/mol. The van der Waals surface area contributed by atoms with Crippen molar-refractivity contribution in [3.05, 3.63) is 47.7 Å². The molecular weight excluding hydrogens is 420 g/mol. The minimum Gasteiger partial charge on any atom is -0.481 e. The molecule has 1 aromatic heterocycles. The summed E-state index contributed by atoms with van der Waals surface area (Å²) in [7, 11) is 2.90. The molecule has 2 aliphatic rings. The highest BCUT2D eigenvalue weighted by atomic mass is 16.8. The third-order valence-electron chi connectivity index (χ3n) is 5.37. The van der Waals surface area contributed by atoms with Crippen molar-refractivity contribution < 1.29 is 38.3 Å². The fraction of sp³-hybridized carbons (Fsp3) is 0.500. The van der Waals surface area contributed by atoms with Gasteiger partial charge in [-0.15, -0.1) is 0 Å². The Hall–Kier alpha value is -2.79. The molecule has 32 heavy (non-hydrogen) atoms. The molecule has 0 radical (unpaired) electrons. The number of carbonyl (C=O) groups excluding carboxylic acids is 1. The molecule has 0 bridgehead atoms. The van der Waals surface area contributed by atoms with Crippen LogP contribution in [0.15, 0.2) is 36.4 Å². The smallest absolute Gasteiger partial charge is 0.338 e. The van der Waals surface area contributed by atoms with Gasteiger partial charge in [-0.2, -0.15) is 9.97 Å². The van der Waals surface area contributed by atoms with Crippen LogP contribution in [0.1, 0.15) is 29.9 Å². The molecule has 0 spiro atoms. The first kappa shape index (κ1) is 22.4. The second kappa shape index (κ2) is 8.62. The van der Waals surface area contributed by atoms with Crippen molar-refractivity contribution >= 4 is 5.97 Å². The number of ether oxygens (including phenoxy) is 6. The second-order valence-corrected chi connectivity index (χ2v) is 8.07. The number of carbonyl (C=O) groups is 1. The molecule has 0 saturated carbocycles. The zero-order valence-electron chi connectivity index (χ0n) is 18.3. The van der Waals surface area contributed by atoms with E-state index in [1.807, 2.05) is 0 Å². The van der Waals surface area contributed by atoms with E-state index in [9.17, 15) is 9.90 Å². The number of fused-ring (bicyclic) bond motifs is 1. The first-order chi connectivity index (χ1) is 15.2. The van der Waals surface area contributed by atoms with Crippen LogP contribution in [0.2, 0.25) is 0 Å². The van der Waals surface area contributed by atoms with Crippen molar-refractivity contribution in [1.82, 2.24) is 9.97 Å². The first-order valence-corrected chi connectivity index (χ1v) is 10.2. The summed E-state index contributed by atoms with van der Waals surface area (Å²) in [5.74, 6) is -1.20. The summed E-state index contributed by atoms with van der Waals surface area (Å²) in [6.07, 6.45) is -2.59. The van der Waals surface area contributed by atoms with Crippen LogP contribution in [-0.2, 0) is 25.4 Å². The van der Waals surface area contributed by atoms with Gasteiger partial charge in [0, 0.05) is 12.5 Å². The van der Waals surface area contributed by atoms with Gasteiger partial charge in [0.1, 0.15) is 24.4 Å². The number of aromatic nitrogens is 2. The third kappa shape index (κ3) is 4.40. The summed E-state index contributed by atoms with van der Waals surface area (Å²) >= 11 is 0. The molecule has 10 nitrogen and oxygen atoms in total. The number of esters is 1. The van der Waals surface area contributed by atoms with Gasteiger partial charge in [0.05, 0.1) is 25.5 Å². The molecule has 4 atom stereocenters. The highest BCUT2D eigenvalue weighted by molar-refractivity contribution is 5.89. The quantitative estimate of drug-likeness (QED) is 0.627. The van der Waals surface area contributed by atoms with Gasteiger partial charge in [-0.05, 0) is 26.0 Å². The Kier molecular flexibility index (Phi) is 6.04. The zero-order valence-corrected chi connectivity index (χ0v) is 18.3. The number of benzene rings is 1. The Labute approximate surface area is 185 Å². The molecule has 2 aliphatic heterocycles. The fourth-order valence-corrected chi connectivity index (χ4v) is 3.86. The van der Waals surface area contributed by atoms with Crippen LogP contribution in [0.3, 0.4) is 0 Å². The maximum absolute atomic E-state index is 12.4. The average Bonchev–Trinajstić information content (AvgIpc) is 3.22. The van der Waals surface area contributed by atoms with E-state index in [0.29, 0.717) is 11.3 Å². The normalized spacial score (nSPS) is 28.2. The van der Waals surface area contributed by atoms with Crippen molar-refractivity contribution in [2.45, 2.75) is 50.2 Å². The summed E-state index contributed by atoms with van der Waals surface area (Å²) in [5, 5.41) is 11.8. The number of hydrogen-bond acceptors (Lipinski definition) is 10. The highest BCUT2D eigenvalue weighted by Gasteiger charge is 2.63. The van der Waals surface area contributed by atoms with Crippen molar-refractivity contribution in [3.8, 4) is 11.9 Å². The van der Waals surface area contributed by atoms with Crippen LogP contribution >= 0.6 is 0 Å². The third-order valence-corrected chi connectivity index (χ3v) is 5.37. The zero-order chi connectivity index (χ0) is 22.9. The van der Waals surface area contributed by atoms with E-state index < -0.39 is 35.9 Å². The Balaban J connectivity index is 1.58. The Morgan fingerprint density at radius 1 is 1.12 bits per heavy atom. The van der Waals surface area contributed by atoms with E-state index >= 15 is 0 Å². The van der Waals surface area contributed by atoms with Gasteiger partial charge in [-0.3, -0.25) is 0 Å². The molecule has 2 saturated heterocycles. The number of hydrogen-bond donors (Lipinski definition) is 1. The standard InChI is InChI=1S/C22H26N2O8/c1-21(2)31-17-19(32-21)30-15(12-29-18(25)13-8-6-5-7-9-13)22(17,26)11-14-10-16(27-3)24-20(23-14)28-4/h5-10,15,17,19,26H,11-12H2,1-4H3/t15-,17+,19-,22-/m1/s1. The lowest BCUT2D eigenvalue weighted by Gasteiger charge is -2.33. The lowest BCUT2D eigenvalue weighted by molar-refractivity contribution is -0.233. The van der Waals surface area contributed by atoms with E-state index in [4.69, 9.17) is 28.4 Å². The Bertz CT molecular complexity index is 947. The number of nitrogens with zero attached hydrogens (tertiary/aromatic N) is 2. The second-order valence-electron chi connectivity index (χ2n) is 8.07. The molecule has 0 unspecified atom stereocenters. The minimum atomic E-state index is -1.61. The molecule has 0 amide bonds. The molecule has 2 aromatic rings. The first-order valence-electron chi connectivity index (χ1n) is 10.2. The van der Waals surface area contributed by atoms with Gasteiger partial charge in [-0.25, -0.2) is 4.79 Å². The molecule has 0 aliphatic carbocycles. The summed E-state index contributed by atoms with van der Waals surface area (Å²) in [5.41, 5.74) is -0.777.